The van der Waals surface area contributed by atoms with Gasteiger partial charge in [0.1, 0.15) is 17.6 Å². The Kier molecular flexibility index (Phi) is 4.94. The molecule has 1 aromatic carbocycles. The van der Waals surface area contributed by atoms with E-state index in [1.54, 1.807) is 18.2 Å². The largest absolute Gasteiger partial charge is 0.491 e. The van der Waals surface area contributed by atoms with Crippen molar-refractivity contribution in [3.05, 3.63) is 23.8 Å². The Labute approximate surface area is 131 Å². The number of benzene rings is 1. The summed E-state index contributed by atoms with van der Waals surface area (Å²) < 4.78 is 35.9. The summed E-state index contributed by atoms with van der Waals surface area (Å²) in [7, 11) is -3.19. The van der Waals surface area contributed by atoms with E-state index in [1.165, 1.54) is 10.6 Å². The lowest BCUT2D eigenvalue weighted by molar-refractivity contribution is 0.210. The maximum Gasteiger partial charge on any atom is 0.211 e. The molecule has 0 radical (unpaired) electrons. The Morgan fingerprint density at radius 1 is 1.32 bits per heavy atom. The van der Waals surface area contributed by atoms with Gasteiger partial charge >= 0.3 is 0 Å². The van der Waals surface area contributed by atoms with Gasteiger partial charge < -0.3 is 9.47 Å². The topological polar surface area (TPSA) is 79.6 Å². The van der Waals surface area contributed by atoms with E-state index in [0.29, 0.717) is 36.6 Å². The fraction of sp³-hybridized carbons (Fsp3) is 0.533. The summed E-state index contributed by atoms with van der Waals surface area (Å²) >= 11 is 0. The number of sulfonamides is 1. The monoisotopic (exact) mass is 324 g/mol. The average molecular weight is 324 g/mol. The predicted octanol–water partition coefficient (Wildman–Crippen LogP) is 1.76. The van der Waals surface area contributed by atoms with Crippen molar-refractivity contribution in [2.24, 2.45) is 0 Å². The van der Waals surface area contributed by atoms with Crippen molar-refractivity contribution in [3.8, 4) is 17.6 Å². The van der Waals surface area contributed by atoms with Crippen LogP contribution < -0.4 is 9.47 Å². The van der Waals surface area contributed by atoms with Gasteiger partial charge in [-0.25, -0.2) is 8.42 Å². The van der Waals surface area contributed by atoms with E-state index in [1.807, 2.05) is 13.8 Å². The smallest absolute Gasteiger partial charge is 0.211 e. The van der Waals surface area contributed by atoms with Crippen LogP contribution in [0.25, 0.3) is 0 Å². The fourth-order valence-corrected chi connectivity index (χ4v) is 3.21. The van der Waals surface area contributed by atoms with E-state index >= 15 is 0 Å². The molecular formula is C15H20N2O4S. The molecule has 2 rings (SSSR count). The number of hydrogen-bond donors (Lipinski definition) is 0. The molecule has 7 heteroatoms. The maximum atomic E-state index is 11.5. The molecular weight excluding hydrogens is 304 g/mol. The first-order chi connectivity index (χ1) is 10.3. The third-order valence-electron chi connectivity index (χ3n) is 3.26. The normalized spacial score (nSPS) is 19.1. The summed E-state index contributed by atoms with van der Waals surface area (Å²) in [5, 5.41) is 9.08. The van der Waals surface area contributed by atoms with Gasteiger partial charge in [-0.3, -0.25) is 0 Å². The molecule has 0 spiro atoms. The summed E-state index contributed by atoms with van der Waals surface area (Å²) in [5.74, 6) is 1.09. The first kappa shape index (κ1) is 16.6. The van der Waals surface area contributed by atoms with E-state index in [4.69, 9.17) is 14.7 Å². The van der Waals surface area contributed by atoms with Crippen LogP contribution in [0, 0.1) is 11.3 Å². The fourth-order valence-electron chi connectivity index (χ4n) is 2.33. The zero-order chi connectivity index (χ0) is 16.3. The highest BCUT2D eigenvalue weighted by Gasteiger charge is 2.29. The minimum atomic E-state index is -3.19. The van der Waals surface area contributed by atoms with Gasteiger partial charge in [0.2, 0.25) is 10.0 Å². The molecule has 0 aliphatic carbocycles. The van der Waals surface area contributed by atoms with Gasteiger partial charge in [0.25, 0.3) is 0 Å². The Bertz CT molecular complexity index is 679. The zero-order valence-corrected chi connectivity index (χ0v) is 13.8. The Morgan fingerprint density at radius 2 is 2.00 bits per heavy atom. The lowest BCUT2D eigenvalue weighted by Gasteiger charge is -2.17. The Balaban J connectivity index is 2.11. The van der Waals surface area contributed by atoms with Crippen LogP contribution in [0.4, 0.5) is 0 Å². The van der Waals surface area contributed by atoms with Crippen molar-refractivity contribution < 1.29 is 17.9 Å². The second kappa shape index (κ2) is 6.55. The number of ether oxygens (including phenoxy) is 2. The molecule has 1 aromatic rings. The predicted molar refractivity (Wildman–Crippen MR) is 82.4 cm³/mol. The van der Waals surface area contributed by atoms with Gasteiger partial charge in [0.05, 0.1) is 30.5 Å². The van der Waals surface area contributed by atoms with Crippen molar-refractivity contribution in [1.82, 2.24) is 4.31 Å². The number of nitrogens with zero attached hydrogens (tertiary/aromatic N) is 2. The SMILES string of the molecule is CC(C)Oc1cc(C#N)cc(OC2CCN(S(C)(=O)=O)C2)c1. The molecule has 6 nitrogen and oxygen atoms in total. The third-order valence-corrected chi connectivity index (χ3v) is 4.53. The standard InChI is InChI=1S/C15H20N2O4S/c1-11(2)20-14-6-12(9-16)7-15(8-14)21-13-4-5-17(10-13)22(3,18)19/h6-8,11,13H,4-5,10H2,1-3H3. The van der Waals surface area contributed by atoms with Crippen molar-refractivity contribution in [2.45, 2.75) is 32.5 Å². The summed E-state index contributed by atoms with van der Waals surface area (Å²) in [6.07, 6.45) is 1.61. The summed E-state index contributed by atoms with van der Waals surface area (Å²) in [6, 6.07) is 7.09. The number of rotatable bonds is 5. The lowest BCUT2D eigenvalue weighted by atomic mass is 10.2. The van der Waals surface area contributed by atoms with E-state index in [0.717, 1.165) is 0 Å². The van der Waals surface area contributed by atoms with Crippen LogP contribution in [0.2, 0.25) is 0 Å². The molecule has 1 saturated heterocycles. The van der Waals surface area contributed by atoms with Gasteiger partial charge in [0, 0.05) is 12.6 Å². The van der Waals surface area contributed by atoms with E-state index < -0.39 is 10.0 Å². The van der Waals surface area contributed by atoms with Crippen LogP contribution in [-0.2, 0) is 10.0 Å². The molecule has 1 aliphatic heterocycles. The molecule has 1 aliphatic rings. The molecule has 1 atom stereocenters. The quantitative estimate of drug-likeness (QED) is 0.824. The number of hydrogen-bond acceptors (Lipinski definition) is 5. The summed E-state index contributed by atoms with van der Waals surface area (Å²) in [4.78, 5) is 0. The van der Waals surface area contributed by atoms with E-state index in [-0.39, 0.29) is 12.2 Å². The van der Waals surface area contributed by atoms with Gasteiger partial charge in [0.15, 0.2) is 0 Å². The van der Waals surface area contributed by atoms with Crippen molar-refractivity contribution in [2.75, 3.05) is 19.3 Å². The van der Waals surface area contributed by atoms with Gasteiger partial charge in [-0.1, -0.05) is 0 Å². The van der Waals surface area contributed by atoms with Gasteiger partial charge in [-0.15, -0.1) is 0 Å². The van der Waals surface area contributed by atoms with Crippen LogP contribution in [0.5, 0.6) is 11.5 Å². The second-order valence-corrected chi connectivity index (χ2v) is 7.60. The highest BCUT2D eigenvalue weighted by Crippen LogP contribution is 2.26. The van der Waals surface area contributed by atoms with Crippen LogP contribution in [0.15, 0.2) is 18.2 Å². The average Bonchev–Trinajstić information content (AvgIpc) is 2.86. The van der Waals surface area contributed by atoms with Crippen LogP contribution in [0.3, 0.4) is 0 Å². The summed E-state index contributed by atoms with van der Waals surface area (Å²) in [6.45, 7) is 4.59. The first-order valence-electron chi connectivity index (χ1n) is 7.11. The first-order valence-corrected chi connectivity index (χ1v) is 8.96. The van der Waals surface area contributed by atoms with E-state index in [9.17, 15) is 8.42 Å². The highest BCUT2D eigenvalue weighted by atomic mass is 32.2. The van der Waals surface area contributed by atoms with Crippen molar-refractivity contribution >= 4 is 10.0 Å². The second-order valence-electron chi connectivity index (χ2n) is 5.62. The highest BCUT2D eigenvalue weighted by molar-refractivity contribution is 7.88. The molecule has 0 aromatic heterocycles. The number of nitriles is 1. The lowest BCUT2D eigenvalue weighted by Crippen LogP contribution is -2.29. The van der Waals surface area contributed by atoms with Crippen molar-refractivity contribution in [1.29, 1.82) is 5.26 Å². The Hall–Kier alpha value is -1.78. The van der Waals surface area contributed by atoms with Gasteiger partial charge in [-0.2, -0.15) is 9.57 Å². The minimum Gasteiger partial charge on any atom is -0.491 e. The molecule has 22 heavy (non-hydrogen) atoms. The van der Waals surface area contributed by atoms with Crippen LogP contribution in [-0.4, -0.2) is 44.3 Å². The minimum absolute atomic E-state index is 0.00556. The molecule has 0 amide bonds. The molecule has 120 valence electrons. The van der Waals surface area contributed by atoms with Crippen LogP contribution in [0.1, 0.15) is 25.8 Å². The van der Waals surface area contributed by atoms with Gasteiger partial charge in [-0.05, 0) is 32.4 Å². The van der Waals surface area contributed by atoms with Crippen molar-refractivity contribution in [3.63, 3.8) is 0 Å². The summed E-state index contributed by atoms with van der Waals surface area (Å²) in [5.41, 5.74) is 0.450. The Morgan fingerprint density at radius 3 is 2.55 bits per heavy atom. The molecule has 1 fully saturated rings. The molecule has 0 bridgehead atoms. The third kappa shape index (κ3) is 4.36. The van der Waals surface area contributed by atoms with Crippen LogP contribution >= 0.6 is 0 Å². The molecule has 0 saturated carbocycles. The zero-order valence-electron chi connectivity index (χ0n) is 12.9. The molecule has 1 unspecified atom stereocenters. The maximum absolute atomic E-state index is 11.5. The molecule has 1 heterocycles. The molecule has 0 N–H and O–H groups in total. The van der Waals surface area contributed by atoms with E-state index in [2.05, 4.69) is 6.07 Å².